The number of nitriles is 1. The molecule has 0 radical (unpaired) electrons. The molecule has 1 rings (SSSR count). The van der Waals surface area contributed by atoms with Crippen molar-refractivity contribution in [2.75, 3.05) is 5.73 Å². The van der Waals surface area contributed by atoms with Gasteiger partial charge in [0, 0.05) is 6.20 Å². The Labute approximate surface area is 92.0 Å². The van der Waals surface area contributed by atoms with E-state index in [0.29, 0.717) is 0 Å². The molecular formula is C8H4F3N3O3. The van der Waals surface area contributed by atoms with Crippen LogP contribution in [0.5, 0.6) is 5.75 Å². The van der Waals surface area contributed by atoms with E-state index < -0.39 is 35.0 Å². The molecule has 0 aliphatic rings. The van der Waals surface area contributed by atoms with Crippen molar-refractivity contribution >= 4 is 11.7 Å². The van der Waals surface area contributed by atoms with E-state index in [1.807, 2.05) is 0 Å². The topological polar surface area (TPSA) is 109 Å². The van der Waals surface area contributed by atoms with Crippen LogP contribution >= 0.6 is 0 Å². The summed E-state index contributed by atoms with van der Waals surface area (Å²) in [6.07, 6.45) is -4.38. The number of nitrogen functional groups attached to an aromatic ring is 1. The smallest absolute Gasteiger partial charge is 0.476 e. The van der Waals surface area contributed by atoms with E-state index in [9.17, 15) is 18.0 Å². The van der Waals surface area contributed by atoms with Gasteiger partial charge in [0.25, 0.3) is 0 Å². The molecule has 6 nitrogen and oxygen atoms in total. The molecule has 0 unspecified atom stereocenters. The summed E-state index contributed by atoms with van der Waals surface area (Å²) in [4.78, 5) is 13.8. The van der Waals surface area contributed by atoms with Gasteiger partial charge in [-0.15, -0.1) is 13.2 Å². The summed E-state index contributed by atoms with van der Waals surface area (Å²) >= 11 is 0. The van der Waals surface area contributed by atoms with Gasteiger partial charge in [-0.25, -0.2) is 9.78 Å². The number of nitrogens with two attached hydrogens (primary N) is 1. The third-order valence-corrected chi connectivity index (χ3v) is 1.61. The lowest BCUT2D eigenvalue weighted by Gasteiger charge is -2.13. The van der Waals surface area contributed by atoms with Crippen molar-refractivity contribution in [3.05, 3.63) is 17.5 Å². The number of ether oxygens (including phenoxy) is 1. The van der Waals surface area contributed by atoms with Gasteiger partial charge in [-0.2, -0.15) is 5.26 Å². The molecule has 0 aliphatic heterocycles. The molecule has 0 aliphatic carbocycles. The van der Waals surface area contributed by atoms with Crippen molar-refractivity contribution in [2.24, 2.45) is 0 Å². The van der Waals surface area contributed by atoms with Gasteiger partial charge < -0.3 is 15.6 Å². The number of carbonyl (C=O) groups is 1. The fourth-order valence-corrected chi connectivity index (χ4v) is 0.968. The van der Waals surface area contributed by atoms with E-state index in [2.05, 4.69) is 9.72 Å². The summed E-state index contributed by atoms with van der Waals surface area (Å²) in [5.74, 6) is -2.94. The van der Waals surface area contributed by atoms with E-state index >= 15 is 0 Å². The summed E-state index contributed by atoms with van der Waals surface area (Å²) in [6, 6.07) is 1.46. The highest BCUT2D eigenvalue weighted by Crippen LogP contribution is 2.32. The Kier molecular flexibility index (Phi) is 3.08. The summed E-state index contributed by atoms with van der Waals surface area (Å²) in [5.41, 5.74) is 3.04. The average Bonchev–Trinajstić information content (AvgIpc) is 2.18. The fraction of sp³-hybridized carbons (Fsp3) is 0.125. The molecule has 1 heterocycles. The second kappa shape index (κ2) is 4.17. The molecule has 0 saturated heterocycles. The lowest BCUT2D eigenvalue weighted by atomic mass is 10.2. The second-order valence-corrected chi connectivity index (χ2v) is 2.73. The monoisotopic (exact) mass is 247 g/mol. The second-order valence-electron chi connectivity index (χ2n) is 2.73. The minimum absolute atomic E-state index is 0.408. The molecule has 0 bridgehead atoms. The number of carboxylic acid groups (broad SMARTS) is 1. The molecular weight excluding hydrogens is 243 g/mol. The van der Waals surface area contributed by atoms with E-state index in [4.69, 9.17) is 16.1 Å². The lowest BCUT2D eigenvalue weighted by Crippen LogP contribution is -2.21. The molecule has 17 heavy (non-hydrogen) atoms. The third kappa shape index (κ3) is 2.75. The molecule has 0 saturated carbocycles. The SMILES string of the molecule is N#Cc1cnc(C(=O)O)c(OC(F)(F)F)c1N. The Bertz CT molecular complexity index is 507. The van der Waals surface area contributed by atoms with Crippen LogP contribution in [0, 0.1) is 11.3 Å². The first-order valence-electron chi connectivity index (χ1n) is 3.94. The van der Waals surface area contributed by atoms with Crippen LogP contribution in [0.25, 0.3) is 0 Å². The van der Waals surface area contributed by atoms with Crippen LogP contribution < -0.4 is 10.5 Å². The molecule has 0 atom stereocenters. The van der Waals surface area contributed by atoms with Crippen molar-refractivity contribution in [1.29, 1.82) is 5.26 Å². The Morgan fingerprint density at radius 2 is 2.18 bits per heavy atom. The normalized spacial score (nSPS) is 10.7. The first kappa shape index (κ1) is 12.6. The maximum atomic E-state index is 12.0. The van der Waals surface area contributed by atoms with Crippen molar-refractivity contribution in [3.63, 3.8) is 0 Å². The van der Waals surface area contributed by atoms with Gasteiger partial charge in [0.2, 0.25) is 0 Å². The number of rotatable bonds is 2. The van der Waals surface area contributed by atoms with Crippen molar-refractivity contribution in [2.45, 2.75) is 6.36 Å². The first-order valence-corrected chi connectivity index (χ1v) is 3.94. The van der Waals surface area contributed by atoms with Crippen LogP contribution in [0.15, 0.2) is 6.20 Å². The van der Waals surface area contributed by atoms with Gasteiger partial charge >= 0.3 is 12.3 Å². The van der Waals surface area contributed by atoms with Gasteiger partial charge in [0.15, 0.2) is 11.4 Å². The Morgan fingerprint density at radius 3 is 2.59 bits per heavy atom. The average molecular weight is 247 g/mol. The number of halogens is 3. The molecule has 0 aromatic carbocycles. The van der Waals surface area contributed by atoms with Crippen molar-refractivity contribution in [1.82, 2.24) is 4.98 Å². The minimum atomic E-state index is -5.13. The van der Waals surface area contributed by atoms with Gasteiger partial charge in [-0.05, 0) is 0 Å². The highest BCUT2D eigenvalue weighted by molar-refractivity contribution is 5.91. The quantitative estimate of drug-likeness (QED) is 0.810. The summed E-state index contributed by atoms with van der Waals surface area (Å²) in [5, 5.41) is 17.1. The van der Waals surface area contributed by atoms with E-state index in [0.717, 1.165) is 6.20 Å². The predicted molar refractivity (Wildman–Crippen MR) is 47.0 cm³/mol. The number of hydrogen-bond acceptors (Lipinski definition) is 5. The zero-order chi connectivity index (χ0) is 13.2. The number of aromatic carboxylic acids is 1. The molecule has 0 fully saturated rings. The van der Waals surface area contributed by atoms with Crippen LogP contribution in [0.3, 0.4) is 0 Å². The Morgan fingerprint density at radius 1 is 1.59 bits per heavy atom. The highest BCUT2D eigenvalue weighted by atomic mass is 19.4. The van der Waals surface area contributed by atoms with E-state index in [-0.39, 0.29) is 0 Å². The van der Waals surface area contributed by atoms with Gasteiger partial charge in [0.1, 0.15) is 6.07 Å². The summed E-state index contributed by atoms with van der Waals surface area (Å²) < 4.78 is 39.5. The number of nitrogens with zero attached hydrogens (tertiary/aromatic N) is 2. The molecule has 90 valence electrons. The van der Waals surface area contributed by atoms with Crippen LogP contribution in [-0.4, -0.2) is 22.4 Å². The third-order valence-electron chi connectivity index (χ3n) is 1.61. The lowest BCUT2D eigenvalue weighted by molar-refractivity contribution is -0.274. The molecule has 1 aromatic rings. The zero-order valence-electron chi connectivity index (χ0n) is 7.95. The number of hydrogen-bond donors (Lipinski definition) is 2. The highest BCUT2D eigenvalue weighted by Gasteiger charge is 2.35. The van der Waals surface area contributed by atoms with Gasteiger partial charge in [-0.3, -0.25) is 0 Å². The maximum absolute atomic E-state index is 12.0. The summed E-state index contributed by atoms with van der Waals surface area (Å²) in [7, 11) is 0. The van der Waals surface area contributed by atoms with Crippen LogP contribution in [0.1, 0.15) is 16.1 Å². The molecule has 1 aromatic heterocycles. The van der Waals surface area contributed by atoms with Crippen molar-refractivity contribution in [3.8, 4) is 11.8 Å². The molecule has 0 amide bonds. The van der Waals surface area contributed by atoms with Crippen LogP contribution in [0.2, 0.25) is 0 Å². The Hall–Kier alpha value is -2.50. The zero-order valence-corrected chi connectivity index (χ0v) is 7.95. The van der Waals surface area contributed by atoms with Gasteiger partial charge in [0.05, 0.1) is 11.3 Å². The van der Waals surface area contributed by atoms with E-state index in [1.54, 1.807) is 0 Å². The number of anilines is 1. The standard InChI is InChI=1S/C8H4F3N3O3/c9-8(10,11)17-6-4(13)3(1-12)2-14-5(6)7(15)16/h2H,(H2,13,14)(H,15,16). The summed E-state index contributed by atoms with van der Waals surface area (Å²) in [6.45, 7) is 0. The minimum Gasteiger partial charge on any atom is -0.476 e. The van der Waals surface area contributed by atoms with Crippen molar-refractivity contribution < 1.29 is 27.8 Å². The Balaban J connectivity index is 3.41. The first-order chi connectivity index (χ1) is 7.76. The van der Waals surface area contributed by atoms with Crippen LogP contribution in [0.4, 0.5) is 18.9 Å². The fourth-order valence-electron chi connectivity index (χ4n) is 0.968. The van der Waals surface area contributed by atoms with Crippen LogP contribution in [-0.2, 0) is 0 Å². The maximum Gasteiger partial charge on any atom is 0.573 e. The largest absolute Gasteiger partial charge is 0.573 e. The molecule has 3 N–H and O–H groups in total. The predicted octanol–water partition coefficient (Wildman–Crippen LogP) is 1.13. The molecule has 9 heteroatoms. The number of pyridine rings is 1. The van der Waals surface area contributed by atoms with E-state index in [1.165, 1.54) is 6.07 Å². The van der Waals surface area contributed by atoms with Gasteiger partial charge in [-0.1, -0.05) is 0 Å². The number of aromatic nitrogens is 1. The number of carboxylic acids is 1. The molecule has 0 spiro atoms. The number of alkyl halides is 3.